The van der Waals surface area contributed by atoms with Gasteiger partial charge in [0.25, 0.3) is 5.91 Å². The Kier molecular flexibility index (Phi) is 8.21. The van der Waals surface area contributed by atoms with Crippen LogP contribution in [0.4, 0.5) is 0 Å². The van der Waals surface area contributed by atoms with Crippen LogP contribution in [0, 0.1) is 11.3 Å². The van der Waals surface area contributed by atoms with Gasteiger partial charge in [-0.25, -0.2) is 13.1 Å². The van der Waals surface area contributed by atoms with Crippen LogP contribution in [0.2, 0.25) is 0 Å². The second kappa shape index (κ2) is 11.9. The zero-order valence-corrected chi connectivity index (χ0v) is 22.5. The predicted molar refractivity (Wildman–Crippen MR) is 147 cm³/mol. The third-order valence-corrected chi connectivity index (χ3v) is 8.92. The number of rotatable bonds is 6. The van der Waals surface area contributed by atoms with Gasteiger partial charge in [-0.1, -0.05) is 43.2 Å². The third kappa shape index (κ3) is 5.96. The SMILES string of the molecule is N#C/C(=C/c1cn(-c2ccccc2)nc1-c1cccc(S(=O)(=O)N2CCCCCC2)c1)C(=O)N1CCOCC1. The third-order valence-electron chi connectivity index (χ3n) is 7.02. The number of carbonyl (C=O) groups is 1. The minimum absolute atomic E-state index is 0.0147. The first kappa shape index (κ1) is 26.8. The number of benzene rings is 2. The summed E-state index contributed by atoms with van der Waals surface area (Å²) in [6.07, 6.45) is 7.05. The van der Waals surface area contributed by atoms with Gasteiger partial charge in [0.1, 0.15) is 17.3 Å². The van der Waals surface area contributed by atoms with E-state index in [9.17, 15) is 18.5 Å². The number of sulfonamides is 1. The van der Waals surface area contributed by atoms with E-state index in [4.69, 9.17) is 9.84 Å². The average molecular weight is 546 g/mol. The van der Waals surface area contributed by atoms with Crippen LogP contribution in [0.25, 0.3) is 23.0 Å². The number of para-hydroxylation sites is 1. The van der Waals surface area contributed by atoms with Gasteiger partial charge in [0, 0.05) is 43.5 Å². The quantitative estimate of drug-likeness (QED) is 0.344. The molecule has 0 radical (unpaired) electrons. The highest BCUT2D eigenvalue weighted by Gasteiger charge is 2.26. The zero-order chi connectivity index (χ0) is 27.2. The normalized spacial score (nSPS) is 17.4. The smallest absolute Gasteiger partial charge is 0.264 e. The van der Waals surface area contributed by atoms with Gasteiger partial charge in [-0.15, -0.1) is 0 Å². The first-order chi connectivity index (χ1) is 19.0. The summed E-state index contributed by atoms with van der Waals surface area (Å²) in [5.41, 5.74) is 2.39. The maximum Gasteiger partial charge on any atom is 0.264 e. The van der Waals surface area contributed by atoms with Crippen molar-refractivity contribution in [2.24, 2.45) is 0 Å². The van der Waals surface area contributed by atoms with Gasteiger partial charge in [0.2, 0.25) is 10.0 Å². The lowest BCUT2D eigenvalue weighted by Crippen LogP contribution is -2.41. The Labute approximate surface area is 229 Å². The lowest BCUT2D eigenvalue weighted by molar-refractivity contribution is -0.130. The molecule has 2 aliphatic rings. The van der Waals surface area contributed by atoms with Crippen LogP contribution in [0.1, 0.15) is 31.2 Å². The molecule has 2 saturated heterocycles. The van der Waals surface area contributed by atoms with E-state index in [-0.39, 0.29) is 16.4 Å². The molecule has 10 heteroatoms. The summed E-state index contributed by atoms with van der Waals surface area (Å²) in [6.45, 7) is 2.73. The monoisotopic (exact) mass is 545 g/mol. The summed E-state index contributed by atoms with van der Waals surface area (Å²) in [6, 6.07) is 18.3. The highest BCUT2D eigenvalue weighted by molar-refractivity contribution is 7.89. The Bertz CT molecular complexity index is 1490. The van der Waals surface area contributed by atoms with Crippen LogP contribution >= 0.6 is 0 Å². The molecule has 2 aromatic carbocycles. The molecule has 202 valence electrons. The summed E-state index contributed by atoms with van der Waals surface area (Å²) in [7, 11) is -3.67. The molecule has 3 heterocycles. The van der Waals surface area contributed by atoms with E-state index in [1.54, 1.807) is 44.3 Å². The first-order valence-corrected chi connectivity index (χ1v) is 14.7. The number of nitriles is 1. The number of carbonyl (C=O) groups excluding carboxylic acids is 1. The number of morpholine rings is 1. The molecule has 0 spiro atoms. The lowest BCUT2D eigenvalue weighted by atomic mass is 10.1. The molecule has 39 heavy (non-hydrogen) atoms. The van der Waals surface area contributed by atoms with Crippen molar-refractivity contribution in [3.63, 3.8) is 0 Å². The Balaban J connectivity index is 1.57. The molecule has 2 aliphatic heterocycles. The van der Waals surface area contributed by atoms with Crippen molar-refractivity contribution in [2.75, 3.05) is 39.4 Å². The van der Waals surface area contributed by atoms with Gasteiger partial charge in [0.15, 0.2) is 0 Å². The fourth-order valence-electron chi connectivity index (χ4n) is 4.90. The summed E-state index contributed by atoms with van der Waals surface area (Å²) in [4.78, 5) is 14.9. The molecule has 0 saturated carbocycles. The molecule has 3 aromatic rings. The Morgan fingerprint density at radius 1 is 0.949 bits per heavy atom. The first-order valence-electron chi connectivity index (χ1n) is 13.2. The molecule has 2 fully saturated rings. The van der Waals surface area contributed by atoms with Crippen LogP contribution in [-0.2, 0) is 19.6 Å². The Morgan fingerprint density at radius 3 is 2.36 bits per heavy atom. The molecule has 9 nitrogen and oxygen atoms in total. The topological polar surface area (TPSA) is 109 Å². The highest BCUT2D eigenvalue weighted by atomic mass is 32.2. The molecule has 0 atom stereocenters. The Morgan fingerprint density at radius 2 is 1.67 bits per heavy atom. The molecule has 1 amide bonds. The van der Waals surface area contributed by atoms with Gasteiger partial charge in [0.05, 0.1) is 23.8 Å². The molecular formula is C29H31N5O4S. The van der Waals surface area contributed by atoms with Crippen LogP contribution in [0.15, 0.2) is 71.3 Å². The molecule has 0 bridgehead atoms. The highest BCUT2D eigenvalue weighted by Crippen LogP contribution is 2.29. The molecule has 0 aliphatic carbocycles. The molecule has 1 aromatic heterocycles. The van der Waals surface area contributed by atoms with Gasteiger partial charge in [-0.05, 0) is 43.2 Å². The fourth-order valence-corrected chi connectivity index (χ4v) is 6.46. The van der Waals surface area contributed by atoms with E-state index in [2.05, 4.69) is 0 Å². The fraction of sp³-hybridized carbons (Fsp3) is 0.345. The zero-order valence-electron chi connectivity index (χ0n) is 21.7. The van der Waals surface area contributed by atoms with Crippen LogP contribution in [-0.4, -0.2) is 72.7 Å². The van der Waals surface area contributed by atoms with Gasteiger partial charge in [-0.2, -0.15) is 14.7 Å². The number of aromatic nitrogens is 2. The van der Waals surface area contributed by atoms with E-state index in [1.807, 2.05) is 36.4 Å². The standard InChI is InChI=1S/C29H31N5O4S/c30-21-24(29(35)32-15-17-38-18-16-32)19-25-22-34(26-10-4-3-5-11-26)31-28(25)23-9-8-12-27(20-23)39(36,37)33-13-6-1-2-7-14-33/h3-5,8-12,19-20,22H,1-2,6-7,13-18H2/b24-19-. The van der Waals surface area contributed by atoms with Gasteiger partial charge < -0.3 is 9.64 Å². The largest absolute Gasteiger partial charge is 0.378 e. The number of hydrogen-bond acceptors (Lipinski definition) is 6. The molecule has 5 rings (SSSR count). The molecular weight excluding hydrogens is 514 g/mol. The summed E-state index contributed by atoms with van der Waals surface area (Å²) >= 11 is 0. The molecule has 0 N–H and O–H groups in total. The maximum atomic E-state index is 13.5. The summed E-state index contributed by atoms with van der Waals surface area (Å²) in [5, 5.41) is 14.7. The van der Waals surface area contributed by atoms with Crippen LogP contribution in [0.3, 0.4) is 0 Å². The number of nitrogens with zero attached hydrogens (tertiary/aromatic N) is 5. The molecule has 0 unspecified atom stereocenters. The lowest BCUT2D eigenvalue weighted by Gasteiger charge is -2.26. The minimum atomic E-state index is -3.67. The number of hydrogen-bond donors (Lipinski definition) is 0. The Hall–Kier alpha value is -3.78. The van der Waals surface area contributed by atoms with E-state index < -0.39 is 10.0 Å². The number of amides is 1. The van der Waals surface area contributed by atoms with E-state index in [0.29, 0.717) is 56.2 Å². The van der Waals surface area contributed by atoms with E-state index >= 15 is 0 Å². The maximum absolute atomic E-state index is 13.5. The van der Waals surface area contributed by atoms with Crippen LogP contribution in [0.5, 0.6) is 0 Å². The second-order valence-electron chi connectivity index (χ2n) is 9.63. The van der Waals surface area contributed by atoms with Crippen molar-refractivity contribution in [3.8, 4) is 23.0 Å². The number of ether oxygens (including phenoxy) is 1. The average Bonchev–Trinajstić information content (AvgIpc) is 3.20. The van der Waals surface area contributed by atoms with E-state index in [1.165, 1.54) is 6.08 Å². The predicted octanol–water partition coefficient (Wildman–Crippen LogP) is 3.87. The van der Waals surface area contributed by atoms with Crippen molar-refractivity contribution >= 4 is 22.0 Å². The van der Waals surface area contributed by atoms with Gasteiger partial charge >= 0.3 is 0 Å². The van der Waals surface area contributed by atoms with Crippen molar-refractivity contribution in [1.82, 2.24) is 19.0 Å². The van der Waals surface area contributed by atoms with Crippen molar-refractivity contribution in [2.45, 2.75) is 30.6 Å². The van der Waals surface area contributed by atoms with E-state index in [0.717, 1.165) is 31.4 Å². The van der Waals surface area contributed by atoms with Crippen LogP contribution < -0.4 is 0 Å². The summed E-state index contributed by atoms with van der Waals surface area (Å²) in [5.74, 6) is -0.364. The second-order valence-corrected chi connectivity index (χ2v) is 11.6. The van der Waals surface area contributed by atoms with Gasteiger partial charge in [-0.3, -0.25) is 4.79 Å². The van der Waals surface area contributed by atoms with Crippen molar-refractivity contribution < 1.29 is 17.9 Å². The van der Waals surface area contributed by atoms with Crippen molar-refractivity contribution in [1.29, 1.82) is 5.26 Å². The minimum Gasteiger partial charge on any atom is -0.378 e. The van der Waals surface area contributed by atoms with Crippen molar-refractivity contribution in [3.05, 3.63) is 71.9 Å². The summed E-state index contributed by atoms with van der Waals surface area (Å²) < 4.78 is 35.6.